The Balaban J connectivity index is 1.71. The molecular formula is C21H30N6O2S. The number of aryl methyl sites for hydroxylation is 4. The number of nitrogen functional groups attached to an aromatic ring is 1. The van der Waals surface area contributed by atoms with Crippen LogP contribution >= 0.6 is 0 Å². The van der Waals surface area contributed by atoms with E-state index < -0.39 is 9.84 Å². The topological polar surface area (TPSA) is 117 Å². The summed E-state index contributed by atoms with van der Waals surface area (Å²) in [5.74, 6) is 1.55. The SMILES string of the molecule is CCCCc1nc2c(N)nc(C)c(C)c2n1CCCCCS(=O)(=O)c1ncccn1. The molecule has 30 heavy (non-hydrogen) atoms. The maximum atomic E-state index is 12.3. The quantitative estimate of drug-likeness (QED) is 0.387. The van der Waals surface area contributed by atoms with Crippen LogP contribution in [0.25, 0.3) is 11.0 Å². The molecule has 8 nitrogen and oxygen atoms in total. The van der Waals surface area contributed by atoms with Gasteiger partial charge in [0, 0.05) is 31.1 Å². The van der Waals surface area contributed by atoms with E-state index in [-0.39, 0.29) is 10.9 Å². The van der Waals surface area contributed by atoms with Gasteiger partial charge in [-0.1, -0.05) is 19.8 Å². The first-order valence-corrected chi connectivity index (χ1v) is 12.1. The van der Waals surface area contributed by atoms with Gasteiger partial charge in [0.15, 0.2) is 5.82 Å². The number of imidazole rings is 1. The molecule has 2 N–H and O–H groups in total. The third kappa shape index (κ3) is 4.77. The highest BCUT2D eigenvalue weighted by Gasteiger charge is 2.18. The number of hydrogen-bond donors (Lipinski definition) is 1. The average Bonchev–Trinajstić information content (AvgIpc) is 3.10. The van der Waals surface area contributed by atoms with Crippen LogP contribution in [0.5, 0.6) is 0 Å². The van der Waals surface area contributed by atoms with Crippen molar-refractivity contribution in [2.75, 3.05) is 11.5 Å². The predicted molar refractivity (Wildman–Crippen MR) is 118 cm³/mol. The van der Waals surface area contributed by atoms with Crippen LogP contribution in [0.3, 0.4) is 0 Å². The van der Waals surface area contributed by atoms with Crippen LogP contribution in [-0.2, 0) is 22.8 Å². The lowest BCUT2D eigenvalue weighted by Crippen LogP contribution is -2.11. The molecule has 0 radical (unpaired) electrons. The minimum absolute atomic E-state index is 0.0549. The first-order valence-electron chi connectivity index (χ1n) is 10.5. The highest BCUT2D eigenvalue weighted by atomic mass is 32.2. The predicted octanol–water partition coefficient (Wildman–Crippen LogP) is 3.41. The van der Waals surface area contributed by atoms with E-state index in [4.69, 9.17) is 10.7 Å². The van der Waals surface area contributed by atoms with Crippen molar-refractivity contribution >= 4 is 26.7 Å². The summed E-state index contributed by atoms with van der Waals surface area (Å²) in [6.45, 7) is 6.96. The molecule has 3 heterocycles. The molecule has 0 amide bonds. The molecule has 0 atom stereocenters. The summed E-state index contributed by atoms with van der Waals surface area (Å²) in [4.78, 5) is 16.9. The minimum atomic E-state index is -3.43. The lowest BCUT2D eigenvalue weighted by molar-refractivity contribution is 0.565. The van der Waals surface area contributed by atoms with E-state index in [1.807, 2.05) is 6.92 Å². The van der Waals surface area contributed by atoms with Crippen LogP contribution in [0.4, 0.5) is 5.82 Å². The van der Waals surface area contributed by atoms with E-state index in [9.17, 15) is 8.42 Å². The van der Waals surface area contributed by atoms with E-state index in [1.165, 1.54) is 12.4 Å². The van der Waals surface area contributed by atoms with Gasteiger partial charge in [-0.3, -0.25) is 0 Å². The highest BCUT2D eigenvalue weighted by molar-refractivity contribution is 7.91. The molecule has 0 saturated heterocycles. The molecule has 162 valence electrons. The van der Waals surface area contributed by atoms with E-state index in [2.05, 4.69) is 33.4 Å². The van der Waals surface area contributed by atoms with Crippen molar-refractivity contribution in [2.24, 2.45) is 0 Å². The third-order valence-electron chi connectivity index (χ3n) is 5.34. The van der Waals surface area contributed by atoms with E-state index in [1.54, 1.807) is 6.07 Å². The number of unbranched alkanes of at least 4 members (excludes halogenated alkanes) is 3. The first-order chi connectivity index (χ1) is 14.3. The maximum absolute atomic E-state index is 12.3. The van der Waals surface area contributed by atoms with Crippen LogP contribution in [-0.4, -0.2) is 38.7 Å². The Labute approximate surface area is 177 Å². The van der Waals surface area contributed by atoms with Gasteiger partial charge in [-0.2, -0.15) is 0 Å². The Morgan fingerprint density at radius 2 is 1.77 bits per heavy atom. The molecule has 0 aliphatic carbocycles. The van der Waals surface area contributed by atoms with Gasteiger partial charge in [-0.15, -0.1) is 0 Å². The number of pyridine rings is 1. The van der Waals surface area contributed by atoms with Crippen molar-refractivity contribution in [3.05, 3.63) is 35.5 Å². The number of rotatable bonds is 10. The molecule has 0 aliphatic heterocycles. The molecule has 0 aromatic carbocycles. The summed E-state index contributed by atoms with van der Waals surface area (Å²) in [5, 5.41) is -0.0958. The molecule has 3 aromatic rings. The first kappa shape index (κ1) is 22.1. The van der Waals surface area contributed by atoms with Crippen LogP contribution in [0.15, 0.2) is 23.6 Å². The van der Waals surface area contributed by atoms with Gasteiger partial charge >= 0.3 is 0 Å². The lowest BCUT2D eigenvalue weighted by Gasteiger charge is -2.12. The van der Waals surface area contributed by atoms with Gasteiger partial charge in [-0.05, 0) is 44.7 Å². The Bertz CT molecular complexity index is 1110. The summed E-state index contributed by atoms with van der Waals surface area (Å²) in [5.41, 5.74) is 9.98. The second-order valence-corrected chi connectivity index (χ2v) is 9.60. The summed E-state index contributed by atoms with van der Waals surface area (Å²) >= 11 is 0. The Morgan fingerprint density at radius 1 is 1.03 bits per heavy atom. The maximum Gasteiger partial charge on any atom is 0.246 e. The normalized spacial score (nSPS) is 12.0. The molecule has 9 heteroatoms. The fraction of sp³-hybridized carbons (Fsp3) is 0.524. The zero-order chi connectivity index (χ0) is 21.7. The monoisotopic (exact) mass is 430 g/mol. The second-order valence-electron chi connectivity index (χ2n) is 7.60. The standard InChI is InChI=1S/C21H30N6O2S/c1-4-5-10-17-26-18-19(15(2)16(3)25-20(18)22)27(17)13-7-6-8-14-30(28,29)21-23-11-9-12-24-21/h9,11-12H,4-8,10,13-14H2,1-3H3,(H2,22,25). The van der Waals surface area contributed by atoms with Crippen molar-refractivity contribution < 1.29 is 8.42 Å². The smallest absolute Gasteiger partial charge is 0.246 e. The highest BCUT2D eigenvalue weighted by Crippen LogP contribution is 2.27. The van der Waals surface area contributed by atoms with Crippen LogP contribution < -0.4 is 5.73 Å². The Hall–Kier alpha value is -2.55. The van der Waals surface area contributed by atoms with Gasteiger partial charge in [0.1, 0.15) is 11.3 Å². The molecule has 0 saturated carbocycles. The fourth-order valence-electron chi connectivity index (χ4n) is 3.59. The van der Waals surface area contributed by atoms with E-state index >= 15 is 0 Å². The Kier molecular flexibility index (Phi) is 7.02. The molecule has 0 spiro atoms. The molecule has 3 rings (SSSR count). The molecule has 3 aromatic heterocycles. The fourth-order valence-corrected chi connectivity index (χ4v) is 4.80. The number of anilines is 1. The molecular weight excluding hydrogens is 400 g/mol. The largest absolute Gasteiger partial charge is 0.382 e. The summed E-state index contributed by atoms with van der Waals surface area (Å²) in [6, 6.07) is 1.61. The van der Waals surface area contributed by atoms with Crippen molar-refractivity contribution in [1.82, 2.24) is 24.5 Å². The number of nitrogens with two attached hydrogens (primary N) is 1. The van der Waals surface area contributed by atoms with Gasteiger partial charge in [0.25, 0.3) is 0 Å². The zero-order valence-corrected chi connectivity index (χ0v) is 18.7. The van der Waals surface area contributed by atoms with Gasteiger partial charge in [0.05, 0.1) is 11.3 Å². The van der Waals surface area contributed by atoms with Crippen LogP contribution in [0.2, 0.25) is 0 Å². The number of nitrogens with zero attached hydrogens (tertiary/aromatic N) is 5. The molecule has 0 fully saturated rings. The summed E-state index contributed by atoms with van der Waals surface area (Å²) < 4.78 is 26.9. The van der Waals surface area contributed by atoms with E-state index in [0.29, 0.717) is 12.2 Å². The average molecular weight is 431 g/mol. The summed E-state index contributed by atoms with van der Waals surface area (Å²) in [7, 11) is -3.43. The van der Waals surface area contributed by atoms with Gasteiger partial charge in [0.2, 0.25) is 15.0 Å². The van der Waals surface area contributed by atoms with Gasteiger partial charge < -0.3 is 10.3 Å². The number of hydrogen-bond acceptors (Lipinski definition) is 7. The lowest BCUT2D eigenvalue weighted by atomic mass is 10.1. The number of aromatic nitrogens is 5. The summed E-state index contributed by atoms with van der Waals surface area (Å²) in [6.07, 6.45) is 8.16. The van der Waals surface area contributed by atoms with Crippen molar-refractivity contribution in [3.8, 4) is 0 Å². The number of sulfone groups is 1. The van der Waals surface area contributed by atoms with Crippen molar-refractivity contribution in [3.63, 3.8) is 0 Å². The molecule has 0 unspecified atom stereocenters. The zero-order valence-electron chi connectivity index (χ0n) is 17.9. The van der Waals surface area contributed by atoms with Crippen molar-refractivity contribution in [2.45, 2.75) is 71.0 Å². The third-order valence-corrected chi connectivity index (χ3v) is 6.94. The van der Waals surface area contributed by atoms with Gasteiger partial charge in [-0.25, -0.2) is 28.4 Å². The number of fused-ring (bicyclic) bond motifs is 1. The molecule has 0 aliphatic rings. The van der Waals surface area contributed by atoms with Crippen LogP contribution in [0, 0.1) is 13.8 Å². The van der Waals surface area contributed by atoms with Crippen LogP contribution in [0.1, 0.15) is 56.1 Å². The van der Waals surface area contributed by atoms with E-state index in [0.717, 1.165) is 66.8 Å². The second kappa shape index (κ2) is 9.51. The minimum Gasteiger partial charge on any atom is -0.382 e. The molecule has 0 bridgehead atoms. The van der Waals surface area contributed by atoms with Crippen molar-refractivity contribution in [1.29, 1.82) is 0 Å². The Morgan fingerprint density at radius 3 is 2.47 bits per heavy atom.